The van der Waals surface area contributed by atoms with Crippen molar-refractivity contribution < 1.29 is 22.0 Å². The summed E-state index contributed by atoms with van der Waals surface area (Å²) in [7, 11) is 0. The van der Waals surface area contributed by atoms with Crippen molar-refractivity contribution in [1.29, 1.82) is 0 Å². The first kappa shape index (κ1) is 23.4. The second-order valence-electron chi connectivity index (χ2n) is 8.61. The predicted molar refractivity (Wildman–Crippen MR) is 121 cm³/mol. The smallest absolute Gasteiger partial charge is 0.167 e. The van der Waals surface area contributed by atoms with E-state index in [1.165, 1.54) is 25.7 Å². The summed E-state index contributed by atoms with van der Waals surface area (Å²) in [5.74, 6) is -0.585. The molecule has 1 aliphatic carbocycles. The van der Waals surface area contributed by atoms with E-state index in [0.717, 1.165) is 42.8 Å². The molecule has 3 nitrogen and oxygen atoms in total. The van der Waals surface area contributed by atoms with Crippen molar-refractivity contribution in [2.75, 3.05) is 19.6 Å². The first-order valence-corrected chi connectivity index (χ1v) is 11.3. The van der Waals surface area contributed by atoms with Gasteiger partial charge in [0.2, 0.25) is 0 Å². The lowest BCUT2D eigenvalue weighted by atomic mass is 9.71. The van der Waals surface area contributed by atoms with E-state index in [1.54, 1.807) is 6.08 Å². The van der Waals surface area contributed by atoms with Gasteiger partial charge in [0.1, 0.15) is 5.78 Å². The van der Waals surface area contributed by atoms with E-state index in [2.05, 4.69) is 17.0 Å². The van der Waals surface area contributed by atoms with Gasteiger partial charge in [-0.05, 0) is 55.1 Å². The fourth-order valence-corrected chi connectivity index (χ4v) is 4.90. The minimum absolute atomic E-state index is 0. The average Bonchev–Trinajstić information content (AvgIpc) is 3.07. The fourth-order valence-electron chi connectivity index (χ4n) is 4.90. The zero-order valence-electron chi connectivity index (χ0n) is 18.0. The molecule has 0 bridgehead atoms. The normalized spacial score (nSPS) is 22.2. The van der Waals surface area contributed by atoms with E-state index >= 15 is 0 Å². The zero-order chi connectivity index (χ0) is 20.8. The lowest BCUT2D eigenvalue weighted by Crippen LogP contribution is -3.00. The quantitative estimate of drug-likeness (QED) is 0.652. The van der Waals surface area contributed by atoms with Crippen LogP contribution in [0.1, 0.15) is 55.6 Å². The molecule has 4 heteroatoms. The van der Waals surface area contributed by atoms with Gasteiger partial charge in [0.05, 0.1) is 5.92 Å². The van der Waals surface area contributed by atoms with Gasteiger partial charge in [-0.15, -0.1) is 0 Å². The molecule has 0 saturated carbocycles. The molecule has 1 fully saturated rings. The van der Waals surface area contributed by atoms with Gasteiger partial charge >= 0.3 is 0 Å². The molecule has 164 valence electrons. The maximum atomic E-state index is 13.3. The van der Waals surface area contributed by atoms with Gasteiger partial charge in [-0.25, -0.2) is 0 Å². The van der Waals surface area contributed by atoms with Crippen LogP contribution in [0.3, 0.4) is 0 Å². The number of halogens is 1. The molecule has 2 aromatic rings. The van der Waals surface area contributed by atoms with Crippen molar-refractivity contribution in [1.82, 2.24) is 4.90 Å². The van der Waals surface area contributed by atoms with Gasteiger partial charge in [-0.3, -0.25) is 9.59 Å². The second-order valence-corrected chi connectivity index (χ2v) is 8.61. The Bertz CT molecular complexity index is 886. The Morgan fingerprint density at radius 2 is 1.48 bits per heavy atom. The molecule has 1 aliphatic heterocycles. The molecule has 0 amide bonds. The highest BCUT2D eigenvalue weighted by atomic mass is 35.5. The maximum Gasteiger partial charge on any atom is 0.167 e. The van der Waals surface area contributed by atoms with Gasteiger partial charge in [0, 0.05) is 18.9 Å². The summed E-state index contributed by atoms with van der Waals surface area (Å²) >= 11 is 0. The number of carbonyl (C=O) groups is 2. The third-order valence-corrected chi connectivity index (χ3v) is 6.56. The highest BCUT2D eigenvalue weighted by Crippen LogP contribution is 2.40. The molecule has 2 aliphatic rings. The molecule has 2 aromatic carbocycles. The number of allylic oxidation sites excluding steroid dienone is 2. The van der Waals surface area contributed by atoms with Gasteiger partial charge in [-0.1, -0.05) is 73.5 Å². The van der Waals surface area contributed by atoms with E-state index in [4.69, 9.17) is 0 Å². The van der Waals surface area contributed by atoms with Crippen LogP contribution in [0.15, 0.2) is 66.7 Å². The summed E-state index contributed by atoms with van der Waals surface area (Å²) in [5.41, 5.74) is 3.19. The van der Waals surface area contributed by atoms with E-state index in [9.17, 15) is 9.59 Å². The fraction of sp³-hybridized carbons (Fsp3) is 0.407. The molecular formula is C27H31ClNO2-. The lowest BCUT2D eigenvalue weighted by molar-refractivity contribution is -0.131. The second kappa shape index (κ2) is 11.4. The number of ketones is 2. The Morgan fingerprint density at radius 1 is 0.871 bits per heavy atom. The zero-order valence-corrected chi connectivity index (χ0v) is 18.8. The molecule has 0 radical (unpaired) electrons. The van der Waals surface area contributed by atoms with Crippen LogP contribution in [0.25, 0.3) is 5.57 Å². The third kappa shape index (κ3) is 5.93. The maximum absolute atomic E-state index is 13.3. The number of carbonyl (C=O) groups excluding carboxylic acids is 2. The number of benzene rings is 2. The molecular weight excluding hydrogens is 406 g/mol. The molecule has 4 rings (SSSR count). The first-order chi connectivity index (χ1) is 14.7. The third-order valence-electron chi connectivity index (χ3n) is 6.56. The van der Waals surface area contributed by atoms with Crippen LogP contribution in [0.2, 0.25) is 0 Å². The standard InChI is InChI=1S/C27H31NO2.ClH/c29-25(15-18-28-16-9-1-2-10-17-28)27-24(22-13-7-4-8-14-22)19-23(20-26(27)30)21-11-5-3-6-12-21;/h3-8,11-14,20,24,27H,1-2,9-10,15-19H2;1H/p-1. The van der Waals surface area contributed by atoms with E-state index in [-0.39, 0.29) is 29.9 Å². The number of rotatable bonds is 6. The summed E-state index contributed by atoms with van der Waals surface area (Å²) in [5, 5.41) is 0. The van der Waals surface area contributed by atoms with Crippen molar-refractivity contribution in [3.05, 3.63) is 77.9 Å². The number of likely N-dealkylation sites (tertiary alicyclic amines) is 1. The van der Waals surface area contributed by atoms with Gasteiger partial charge in [0.25, 0.3) is 0 Å². The largest absolute Gasteiger partial charge is 1.00 e. The molecule has 0 spiro atoms. The summed E-state index contributed by atoms with van der Waals surface area (Å²) in [4.78, 5) is 28.9. The Labute approximate surface area is 191 Å². The van der Waals surface area contributed by atoms with Crippen LogP contribution >= 0.6 is 0 Å². The number of nitrogens with zero attached hydrogens (tertiary/aromatic N) is 1. The number of hydrogen-bond acceptors (Lipinski definition) is 3. The molecule has 1 saturated heterocycles. The van der Waals surface area contributed by atoms with Crippen LogP contribution in [-0.4, -0.2) is 36.1 Å². The summed E-state index contributed by atoms with van der Waals surface area (Å²) < 4.78 is 0. The minimum Gasteiger partial charge on any atom is -1.00 e. The molecule has 2 unspecified atom stereocenters. The van der Waals surface area contributed by atoms with Gasteiger partial charge in [-0.2, -0.15) is 0 Å². The van der Waals surface area contributed by atoms with Crippen LogP contribution < -0.4 is 12.4 Å². The van der Waals surface area contributed by atoms with Crippen LogP contribution in [0.5, 0.6) is 0 Å². The van der Waals surface area contributed by atoms with Crippen molar-refractivity contribution in [3.63, 3.8) is 0 Å². The highest BCUT2D eigenvalue weighted by molar-refractivity contribution is 6.12. The van der Waals surface area contributed by atoms with Crippen molar-refractivity contribution in [3.8, 4) is 0 Å². The average molecular weight is 437 g/mol. The predicted octanol–water partition coefficient (Wildman–Crippen LogP) is 2.28. The summed E-state index contributed by atoms with van der Waals surface area (Å²) in [6.45, 7) is 2.93. The molecule has 0 N–H and O–H groups in total. The monoisotopic (exact) mass is 436 g/mol. The van der Waals surface area contributed by atoms with Crippen molar-refractivity contribution in [2.45, 2.75) is 44.4 Å². The highest BCUT2D eigenvalue weighted by Gasteiger charge is 2.38. The Hall–Kier alpha value is -2.23. The number of hydrogen-bond donors (Lipinski definition) is 0. The number of Topliss-reactive ketones (excluding diaryl/α,β-unsaturated/α-hetero) is 1. The Morgan fingerprint density at radius 3 is 2.13 bits per heavy atom. The van der Waals surface area contributed by atoms with Crippen molar-refractivity contribution in [2.24, 2.45) is 5.92 Å². The Balaban J connectivity index is 0.00000272. The van der Waals surface area contributed by atoms with Crippen LogP contribution in [0, 0.1) is 5.92 Å². The molecule has 0 aromatic heterocycles. The minimum atomic E-state index is -0.563. The summed E-state index contributed by atoms with van der Waals surface area (Å²) in [6, 6.07) is 20.2. The lowest BCUT2D eigenvalue weighted by Gasteiger charge is -2.31. The van der Waals surface area contributed by atoms with E-state index < -0.39 is 5.92 Å². The van der Waals surface area contributed by atoms with Crippen molar-refractivity contribution >= 4 is 17.1 Å². The van der Waals surface area contributed by atoms with Gasteiger partial charge < -0.3 is 17.3 Å². The van der Waals surface area contributed by atoms with Crippen LogP contribution in [0.4, 0.5) is 0 Å². The Kier molecular flexibility index (Phi) is 8.62. The molecule has 1 heterocycles. The summed E-state index contributed by atoms with van der Waals surface area (Å²) in [6.07, 6.45) is 7.92. The SMILES string of the molecule is O=C1C=C(c2ccccc2)CC(c2ccccc2)C1C(=O)CCN1CCCCCC1.[Cl-]. The van der Waals surface area contributed by atoms with E-state index in [1.807, 2.05) is 48.5 Å². The molecule has 31 heavy (non-hydrogen) atoms. The van der Waals surface area contributed by atoms with Crippen LogP contribution in [-0.2, 0) is 9.59 Å². The molecule has 2 atom stereocenters. The topological polar surface area (TPSA) is 37.4 Å². The van der Waals surface area contributed by atoms with E-state index in [0.29, 0.717) is 6.42 Å². The van der Waals surface area contributed by atoms with Gasteiger partial charge in [0.15, 0.2) is 5.78 Å². The first-order valence-electron chi connectivity index (χ1n) is 11.3.